The molecule has 2 fully saturated rings. The van der Waals surface area contributed by atoms with E-state index in [4.69, 9.17) is 0 Å². The van der Waals surface area contributed by atoms with Gasteiger partial charge in [-0.25, -0.2) is 0 Å². The van der Waals surface area contributed by atoms with E-state index in [2.05, 4.69) is 51.3 Å². The van der Waals surface area contributed by atoms with Crippen molar-refractivity contribution in [1.29, 1.82) is 0 Å². The molecule has 0 aromatic carbocycles. The molecular formula is C20H38N2O2. The molecule has 0 radical (unpaired) electrons. The highest BCUT2D eigenvalue weighted by atomic mass is 16.1. The van der Waals surface area contributed by atoms with Crippen molar-refractivity contribution in [2.24, 2.45) is 0 Å². The third-order valence-corrected chi connectivity index (χ3v) is 5.59. The molecule has 4 nitrogen and oxygen atoms in total. The van der Waals surface area contributed by atoms with E-state index in [-0.39, 0.29) is 11.1 Å². The predicted molar refractivity (Wildman–Crippen MR) is 100 cm³/mol. The summed E-state index contributed by atoms with van der Waals surface area (Å²) in [5, 5.41) is 0. The summed E-state index contributed by atoms with van der Waals surface area (Å²) >= 11 is 0. The van der Waals surface area contributed by atoms with Gasteiger partial charge in [0.05, 0.1) is 12.1 Å². The SMILES string of the molecule is CC(C)N1CC(=O)CCC1(C)C.CC(C)N1CCCC(=O)C1(C)C. The Balaban J connectivity index is 0.000000240. The molecule has 140 valence electrons. The minimum Gasteiger partial charge on any atom is -0.298 e. The Bertz CT molecular complexity index is 447. The number of hydrogen-bond donors (Lipinski definition) is 0. The first-order valence-electron chi connectivity index (χ1n) is 9.48. The maximum absolute atomic E-state index is 11.6. The minimum atomic E-state index is -0.230. The van der Waals surface area contributed by atoms with Gasteiger partial charge in [-0.1, -0.05) is 0 Å². The van der Waals surface area contributed by atoms with Gasteiger partial charge in [-0.05, 0) is 74.8 Å². The van der Waals surface area contributed by atoms with E-state index in [0.717, 1.165) is 32.2 Å². The Hall–Kier alpha value is -0.740. The van der Waals surface area contributed by atoms with Gasteiger partial charge in [0.2, 0.25) is 0 Å². The average Bonchev–Trinajstić information content (AvgIpc) is 2.44. The molecule has 2 rings (SSSR count). The Labute approximate surface area is 149 Å². The van der Waals surface area contributed by atoms with Gasteiger partial charge >= 0.3 is 0 Å². The molecule has 0 bridgehead atoms. The lowest BCUT2D eigenvalue weighted by Crippen LogP contribution is -2.56. The van der Waals surface area contributed by atoms with E-state index in [0.29, 0.717) is 30.2 Å². The first kappa shape index (κ1) is 21.3. The van der Waals surface area contributed by atoms with E-state index in [1.54, 1.807) is 0 Å². The molecule has 0 spiro atoms. The van der Waals surface area contributed by atoms with E-state index < -0.39 is 0 Å². The number of carbonyl (C=O) groups is 2. The normalized spacial score (nSPS) is 24.9. The fraction of sp³-hybridized carbons (Fsp3) is 0.900. The van der Waals surface area contributed by atoms with Crippen LogP contribution in [0.2, 0.25) is 0 Å². The molecule has 0 atom stereocenters. The fourth-order valence-electron chi connectivity index (χ4n) is 4.01. The van der Waals surface area contributed by atoms with Crippen LogP contribution in [-0.2, 0) is 9.59 Å². The third-order valence-electron chi connectivity index (χ3n) is 5.59. The van der Waals surface area contributed by atoms with Gasteiger partial charge < -0.3 is 0 Å². The van der Waals surface area contributed by atoms with Crippen molar-refractivity contribution in [3.63, 3.8) is 0 Å². The van der Waals surface area contributed by atoms with Crippen LogP contribution in [0.1, 0.15) is 81.1 Å². The number of carbonyl (C=O) groups excluding carboxylic acids is 2. The zero-order valence-corrected chi connectivity index (χ0v) is 17.1. The maximum atomic E-state index is 11.6. The summed E-state index contributed by atoms with van der Waals surface area (Å²) in [6.07, 6.45) is 3.55. The topological polar surface area (TPSA) is 40.6 Å². The summed E-state index contributed by atoms with van der Waals surface area (Å²) in [6.45, 7) is 18.8. The smallest absolute Gasteiger partial charge is 0.152 e. The molecule has 4 heteroatoms. The molecule has 0 amide bonds. The van der Waals surface area contributed by atoms with Crippen LogP contribution < -0.4 is 0 Å². The zero-order chi connectivity index (χ0) is 18.7. The predicted octanol–water partition coefficient (Wildman–Crippen LogP) is 3.68. The van der Waals surface area contributed by atoms with Crippen LogP contribution in [0.3, 0.4) is 0 Å². The van der Waals surface area contributed by atoms with E-state index in [9.17, 15) is 9.59 Å². The Morgan fingerprint density at radius 3 is 1.83 bits per heavy atom. The third kappa shape index (κ3) is 5.13. The summed E-state index contributed by atoms with van der Waals surface area (Å²) < 4.78 is 0. The molecule has 0 aromatic rings. The van der Waals surface area contributed by atoms with E-state index in [1.165, 1.54) is 0 Å². The molecule has 0 N–H and O–H groups in total. The van der Waals surface area contributed by atoms with Gasteiger partial charge in [-0.3, -0.25) is 19.4 Å². The summed E-state index contributed by atoms with van der Waals surface area (Å²) in [5.74, 6) is 0.783. The van der Waals surface area contributed by atoms with Crippen molar-refractivity contribution in [2.45, 2.75) is 104 Å². The van der Waals surface area contributed by atoms with Crippen LogP contribution in [-0.4, -0.2) is 57.6 Å². The summed E-state index contributed by atoms with van der Waals surface area (Å²) in [7, 11) is 0. The van der Waals surface area contributed by atoms with Gasteiger partial charge in [0.25, 0.3) is 0 Å². The molecule has 0 aliphatic carbocycles. The van der Waals surface area contributed by atoms with Gasteiger partial charge in [-0.15, -0.1) is 0 Å². The minimum absolute atomic E-state index is 0.210. The van der Waals surface area contributed by atoms with Crippen molar-refractivity contribution in [3.8, 4) is 0 Å². The molecule has 0 saturated carbocycles. The Morgan fingerprint density at radius 2 is 1.42 bits per heavy atom. The quantitative estimate of drug-likeness (QED) is 0.770. The Kier molecular flexibility index (Phi) is 7.18. The van der Waals surface area contributed by atoms with Crippen molar-refractivity contribution in [2.75, 3.05) is 13.1 Å². The van der Waals surface area contributed by atoms with Crippen LogP contribution in [0.5, 0.6) is 0 Å². The van der Waals surface area contributed by atoms with Crippen LogP contribution in [0.25, 0.3) is 0 Å². The molecule has 2 aliphatic heterocycles. The number of rotatable bonds is 2. The molecule has 0 aromatic heterocycles. The fourth-order valence-corrected chi connectivity index (χ4v) is 4.01. The van der Waals surface area contributed by atoms with E-state index >= 15 is 0 Å². The van der Waals surface area contributed by atoms with Gasteiger partial charge in [0.1, 0.15) is 5.78 Å². The van der Waals surface area contributed by atoms with Crippen LogP contribution in [0, 0.1) is 0 Å². The maximum Gasteiger partial charge on any atom is 0.152 e. The monoisotopic (exact) mass is 338 g/mol. The van der Waals surface area contributed by atoms with Gasteiger partial charge in [-0.2, -0.15) is 0 Å². The highest BCUT2D eigenvalue weighted by Crippen LogP contribution is 2.27. The number of nitrogens with zero attached hydrogens (tertiary/aromatic N) is 2. The lowest BCUT2D eigenvalue weighted by molar-refractivity contribution is -0.134. The van der Waals surface area contributed by atoms with Crippen LogP contribution in [0.15, 0.2) is 0 Å². The first-order valence-corrected chi connectivity index (χ1v) is 9.48. The second-order valence-corrected chi connectivity index (χ2v) is 8.95. The number of likely N-dealkylation sites (tertiary alicyclic amines) is 2. The highest BCUT2D eigenvalue weighted by molar-refractivity contribution is 5.88. The summed E-state index contributed by atoms with van der Waals surface area (Å²) in [4.78, 5) is 27.4. The molecule has 2 saturated heterocycles. The van der Waals surface area contributed by atoms with Crippen molar-refractivity contribution < 1.29 is 9.59 Å². The number of hydrogen-bond acceptors (Lipinski definition) is 4. The summed E-state index contributed by atoms with van der Waals surface area (Å²) in [6, 6.07) is 0.952. The molecule has 24 heavy (non-hydrogen) atoms. The lowest BCUT2D eigenvalue weighted by Gasteiger charge is -2.44. The Morgan fingerprint density at radius 1 is 0.875 bits per heavy atom. The van der Waals surface area contributed by atoms with Crippen molar-refractivity contribution >= 4 is 11.6 Å². The van der Waals surface area contributed by atoms with Crippen LogP contribution in [0.4, 0.5) is 0 Å². The highest BCUT2D eigenvalue weighted by Gasteiger charge is 2.38. The van der Waals surface area contributed by atoms with E-state index in [1.807, 2.05) is 13.8 Å². The van der Waals surface area contributed by atoms with Crippen LogP contribution >= 0.6 is 0 Å². The number of Topliss-reactive ketones (excluding diaryl/α,β-unsaturated/α-hetero) is 2. The molecule has 0 unspecified atom stereocenters. The molecular weight excluding hydrogens is 300 g/mol. The number of piperidine rings is 2. The largest absolute Gasteiger partial charge is 0.298 e. The van der Waals surface area contributed by atoms with Crippen molar-refractivity contribution in [1.82, 2.24) is 9.80 Å². The van der Waals surface area contributed by atoms with Gasteiger partial charge in [0, 0.05) is 30.5 Å². The van der Waals surface area contributed by atoms with Gasteiger partial charge in [0.15, 0.2) is 5.78 Å². The second kappa shape index (κ2) is 8.09. The zero-order valence-electron chi connectivity index (χ0n) is 17.1. The second-order valence-electron chi connectivity index (χ2n) is 8.95. The summed E-state index contributed by atoms with van der Waals surface area (Å²) in [5.41, 5.74) is -0.0194. The first-order chi connectivity index (χ1) is 10.9. The average molecular weight is 339 g/mol. The number of ketones is 2. The molecule has 2 heterocycles. The lowest BCUT2D eigenvalue weighted by atomic mass is 9.88. The molecule has 2 aliphatic rings. The van der Waals surface area contributed by atoms with Crippen molar-refractivity contribution in [3.05, 3.63) is 0 Å². The standard InChI is InChI=1S/2C10H19NO/c1-8(2)11-7-9(12)5-6-10(11,3)4;1-8(2)11-7-5-6-9(12)10(11,3)4/h2*8H,5-7H2,1-4H3.